The highest BCUT2D eigenvalue weighted by atomic mass is 35.5. The average molecular weight is 362 g/mol. The molecule has 0 fully saturated rings. The van der Waals surface area contributed by atoms with Crippen molar-refractivity contribution in [1.29, 1.82) is 0 Å². The summed E-state index contributed by atoms with van der Waals surface area (Å²) in [5.74, 6) is -0.323. The molecule has 25 heavy (non-hydrogen) atoms. The number of esters is 1. The second kappa shape index (κ2) is 6.92. The lowest BCUT2D eigenvalue weighted by Gasteiger charge is -2.24. The second-order valence-electron chi connectivity index (χ2n) is 6.34. The van der Waals surface area contributed by atoms with E-state index >= 15 is 0 Å². The number of carbonyl (C=O) groups is 2. The molecule has 1 aliphatic rings. The van der Waals surface area contributed by atoms with Crippen LogP contribution in [0.15, 0.2) is 24.3 Å². The number of rotatable bonds is 4. The SMILES string of the molecule is Cc1cc(C(=O)COC(=O)[C@@H]2COc3ccc(Cl)cc3C2)c(C)n1C. The van der Waals surface area contributed by atoms with Crippen LogP contribution in [0.5, 0.6) is 5.75 Å². The smallest absolute Gasteiger partial charge is 0.313 e. The van der Waals surface area contributed by atoms with E-state index in [0.29, 0.717) is 17.0 Å². The van der Waals surface area contributed by atoms with Crippen LogP contribution in [0.3, 0.4) is 0 Å². The average Bonchev–Trinajstić information content (AvgIpc) is 2.86. The summed E-state index contributed by atoms with van der Waals surface area (Å²) in [5.41, 5.74) is 3.32. The highest BCUT2D eigenvalue weighted by molar-refractivity contribution is 6.30. The van der Waals surface area contributed by atoms with Crippen molar-refractivity contribution in [3.8, 4) is 5.75 Å². The summed E-state index contributed by atoms with van der Waals surface area (Å²) in [6, 6.07) is 7.15. The Balaban J connectivity index is 1.61. The molecule has 2 heterocycles. The first-order valence-electron chi connectivity index (χ1n) is 8.10. The van der Waals surface area contributed by atoms with Crippen LogP contribution in [0, 0.1) is 19.8 Å². The quantitative estimate of drug-likeness (QED) is 0.619. The molecule has 132 valence electrons. The molecule has 0 N–H and O–H groups in total. The van der Waals surface area contributed by atoms with Gasteiger partial charge in [-0.2, -0.15) is 0 Å². The van der Waals surface area contributed by atoms with E-state index in [9.17, 15) is 9.59 Å². The molecule has 0 spiro atoms. The molecule has 0 amide bonds. The zero-order valence-corrected chi connectivity index (χ0v) is 15.2. The molecule has 2 aromatic rings. The van der Waals surface area contributed by atoms with E-state index < -0.39 is 11.9 Å². The van der Waals surface area contributed by atoms with E-state index in [0.717, 1.165) is 22.7 Å². The molecule has 0 bridgehead atoms. The predicted molar refractivity (Wildman–Crippen MR) is 94.3 cm³/mol. The van der Waals surface area contributed by atoms with Crippen molar-refractivity contribution in [3.63, 3.8) is 0 Å². The molecular formula is C19H20ClNO4. The minimum atomic E-state index is -0.433. The Morgan fingerprint density at radius 2 is 2.08 bits per heavy atom. The molecular weight excluding hydrogens is 342 g/mol. The van der Waals surface area contributed by atoms with Crippen molar-refractivity contribution in [2.24, 2.45) is 13.0 Å². The Labute approximate surface area is 151 Å². The molecule has 0 aliphatic carbocycles. The standard InChI is InChI=1S/C19H20ClNO4/c1-11-6-16(12(2)21(11)3)17(22)10-25-19(23)14-7-13-8-15(20)4-5-18(13)24-9-14/h4-6,8,14H,7,9-10H2,1-3H3/t14-/m0/s1. The first kappa shape index (κ1) is 17.5. The largest absolute Gasteiger partial charge is 0.492 e. The zero-order chi connectivity index (χ0) is 18.1. The van der Waals surface area contributed by atoms with Crippen LogP contribution in [0.4, 0.5) is 0 Å². The van der Waals surface area contributed by atoms with Crippen molar-refractivity contribution >= 4 is 23.4 Å². The molecule has 5 nitrogen and oxygen atoms in total. The van der Waals surface area contributed by atoms with Crippen molar-refractivity contribution < 1.29 is 19.1 Å². The third kappa shape index (κ3) is 3.56. The number of ketones is 1. The van der Waals surface area contributed by atoms with E-state index in [4.69, 9.17) is 21.1 Å². The van der Waals surface area contributed by atoms with Crippen LogP contribution in [0.1, 0.15) is 27.3 Å². The van der Waals surface area contributed by atoms with Gasteiger partial charge in [0.1, 0.15) is 12.4 Å². The topological polar surface area (TPSA) is 57.5 Å². The highest BCUT2D eigenvalue weighted by Crippen LogP contribution is 2.30. The summed E-state index contributed by atoms with van der Waals surface area (Å²) in [7, 11) is 1.90. The Kier molecular flexibility index (Phi) is 4.86. The lowest BCUT2D eigenvalue weighted by atomic mass is 9.97. The van der Waals surface area contributed by atoms with Crippen molar-refractivity contribution in [3.05, 3.63) is 51.8 Å². The normalized spacial score (nSPS) is 16.1. The zero-order valence-electron chi connectivity index (χ0n) is 14.5. The fourth-order valence-corrected chi connectivity index (χ4v) is 3.18. The number of benzene rings is 1. The number of hydrogen-bond acceptors (Lipinski definition) is 4. The number of carbonyl (C=O) groups excluding carboxylic acids is 2. The van der Waals surface area contributed by atoms with Crippen molar-refractivity contribution in [2.45, 2.75) is 20.3 Å². The van der Waals surface area contributed by atoms with Gasteiger partial charge in [0.2, 0.25) is 5.78 Å². The second-order valence-corrected chi connectivity index (χ2v) is 6.78. The maximum Gasteiger partial charge on any atom is 0.313 e. The summed E-state index contributed by atoms with van der Waals surface area (Å²) in [4.78, 5) is 24.6. The molecule has 0 unspecified atom stereocenters. The minimum absolute atomic E-state index is 0.199. The maximum absolute atomic E-state index is 12.3. The fraction of sp³-hybridized carbons (Fsp3) is 0.368. The van der Waals surface area contributed by atoms with Gasteiger partial charge in [0, 0.05) is 29.0 Å². The third-order valence-electron chi connectivity index (χ3n) is 4.68. The van der Waals surface area contributed by atoms with Crippen molar-refractivity contribution in [2.75, 3.05) is 13.2 Å². The number of fused-ring (bicyclic) bond motifs is 1. The Hall–Kier alpha value is -2.27. The van der Waals surface area contributed by atoms with Gasteiger partial charge in [0.25, 0.3) is 0 Å². The number of halogens is 1. The minimum Gasteiger partial charge on any atom is -0.492 e. The van der Waals surface area contributed by atoms with E-state index in [-0.39, 0.29) is 19.0 Å². The molecule has 6 heteroatoms. The summed E-state index contributed by atoms with van der Waals surface area (Å²) < 4.78 is 12.8. The number of hydrogen-bond donors (Lipinski definition) is 0. The van der Waals surface area contributed by atoms with Crippen LogP contribution in [0.25, 0.3) is 0 Å². The van der Waals surface area contributed by atoms with Crippen LogP contribution in [0.2, 0.25) is 5.02 Å². The van der Waals surface area contributed by atoms with E-state index in [2.05, 4.69) is 0 Å². The van der Waals surface area contributed by atoms with Gasteiger partial charge in [0.05, 0.1) is 5.92 Å². The maximum atomic E-state index is 12.3. The lowest BCUT2D eigenvalue weighted by molar-refractivity contribution is -0.148. The lowest BCUT2D eigenvalue weighted by Crippen LogP contribution is -2.31. The Bertz CT molecular complexity index is 840. The van der Waals surface area contributed by atoms with Gasteiger partial charge < -0.3 is 14.0 Å². The monoisotopic (exact) mass is 361 g/mol. The number of ether oxygens (including phenoxy) is 2. The van der Waals surface area contributed by atoms with Gasteiger partial charge in [-0.1, -0.05) is 11.6 Å². The molecule has 1 aromatic carbocycles. The van der Waals surface area contributed by atoms with Gasteiger partial charge in [-0.05, 0) is 50.1 Å². The Morgan fingerprint density at radius 3 is 2.76 bits per heavy atom. The van der Waals surface area contributed by atoms with Crippen LogP contribution in [-0.2, 0) is 23.0 Å². The van der Waals surface area contributed by atoms with Gasteiger partial charge in [-0.25, -0.2) is 0 Å². The summed E-state index contributed by atoms with van der Waals surface area (Å²) in [6.07, 6.45) is 0.492. The Morgan fingerprint density at radius 1 is 1.32 bits per heavy atom. The molecule has 0 saturated carbocycles. The summed E-state index contributed by atoms with van der Waals surface area (Å²) in [5, 5.41) is 0.599. The third-order valence-corrected chi connectivity index (χ3v) is 4.92. The van der Waals surface area contributed by atoms with E-state index in [1.54, 1.807) is 18.2 Å². The number of aryl methyl sites for hydroxylation is 1. The van der Waals surface area contributed by atoms with Gasteiger partial charge in [-0.15, -0.1) is 0 Å². The summed E-state index contributed by atoms with van der Waals surface area (Å²) in [6.45, 7) is 3.78. The van der Waals surface area contributed by atoms with Gasteiger partial charge in [-0.3, -0.25) is 9.59 Å². The van der Waals surface area contributed by atoms with Gasteiger partial charge in [0.15, 0.2) is 6.61 Å². The van der Waals surface area contributed by atoms with Crippen LogP contribution < -0.4 is 4.74 Å². The summed E-state index contributed by atoms with van der Waals surface area (Å²) >= 11 is 5.99. The molecule has 1 aliphatic heterocycles. The highest BCUT2D eigenvalue weighted by Gasteiger charge is 2.28. The first-order valence-corrected chi connectivity index (χ1v) is 8.48. The molecule has 0 saturated heterocycles. The van der Waals surface area contributed by atoms with Crippen LogP contribution in [-0.4, -0.2) is 29.5 Å². The van der Waals surface area contributed by atoms with E-state index in [1.165, 1.54) is 0 Å². The van der Waals surface area contributed by atoms with Crippen LogP contribution >= 0.6 is 11.6 Å². The van der Waals surface area contributed by atoms with Crippen molar-refractivity contribution in [1.82, 2.24) is 4.57 Å². The number of Topliss-reactive ketones (excluding diaryl/α,β-unsaturated/α-hetero) is 1. The molecule has 0 radical (unpaired) electrons. The molecule has 1 aromatic heterocycles. The fourth-order valence-electron chi connectivity index (χ4n) is 2.98. The van der Waals surface area contributed by atoms with Gasteiger partial charge >= 0.3 is 5.97 Å². The van der Waals surface area contributed by atoms with E-state index in [1.807, 2.05) is 31.5 Å². The number of aromatic nitrogens is 1. The first-order chi connectivity index (χ1) is 11.9. The number of nitrogens with zero attached hydrogens (tertiary/aromatic N) is 1. The molecule has 1 atom stereocenters. The molecule has 3 rings (SSSR count). The predicted octanol–water partition coefficient (Wildman–Crippen LogP) is 3.27.